The van der Waals surface area contributed by atoms with Crippen molar-refractivity contribution in [2.75, 3.05) is 0 Å². The highest BCUT2D eigenvalue weighted by molar-refractivity contribution is 5.13. The van der Waals surface area contributed by atoms with E-state index in [0.717, 1.165) is 24.4 Å². The third kappa shape index (κ3) is 1.98. The SMILES string of the molecule is C=C[C@@H](N)c1ccc(CCC)o1. The summed E-state index contributed by atoms with van der Waals surface area (Å²) in [6.07, 6.45) is 3.74. The molecule has 0 aromatic carbocycles. The van der Waals surface area contributed by atoms with Crippen molar-refractivity contribution in [1.29, 1.82) is 0 Å². The molecule has 0 fully saturated rings. The molecule has 1 aromatic heterocycles. The summed E-state index contributed by atoms with van der Waals surface area (Å²) in [4.78, 5) is 0. The van der Waals surface area contributed by atoms with Crippen molar-refractivity contribution >= 4 is 0 Å². The summed E-state index contributed by atoms with van der Waals surface area (Å²) >= 11 is 0. The Balaban J connectivity index is 2.69. The molecule has 0 spiro atoms. The van der Waals surface area contributed by atoms with Gasteiger partial charge in [-0.3, -0.25) is 0 Å². The molecule has 0 aliphatic carbocycles. The fourth-order valence-corrected chi connectivity index (χ4v) is 1.07. The van der Waals surface area contributed by atoms with Crippen LogP contribution in [-0.4, -0.2) is 0 Å². The van der Waals surface area contributed by atoms with E-state index in [-0.39, 0.29) is 6.04 Å². The molecule has 0 bridgehead atoms. The zero-order chi connectivity index (χ0) is 8.97. The maximum atomic E-state index is 5.69. The largest absolute Gasteiger partial charge is 0.464 e. The average Bonchev–Trinajstić information content (AvgIpc) is 2.52. The van der Waals surface area contributed by atoms with Gasteiger partial charge in [0.25, 0.3) is 0 Å². The van der Waals surface area contributed by atoms with Crippen molar-refractivity contribution in [2.45, 2.75) is 25.8 Å². The summed E-state index contributed by atoms with van der Waals surface area (Å²) in [5, 5.41) is 0. The van der Waals surface area contributed by atoms with Gasteiger partial charge in [-0.1, -0.05) is 13.0 Å². The molecule has 1 rings (SSSR count). The van der Waals surface area contributed by atoms with E-state index in [9.17, 15) is 0 Å². The Morgan fingerprint density at radius 2 is 2.42 bits per heavy atom. The van der Waals surface area contributed by atoms with Gasteiger partial charge < -0.3 is 10.2 Å². The first-order chi connectivity index (χ1) is 5.77. The van der Waals surface area contributed by atoms with Crippen molar-refractivity contribution in [2.24, 2.45) is 5.73 Å². The molecule has 0 saturated heterocycles. The molecular weight excluding hydrogens is 150 g/mol. The molecule has 1 heterocycles. The maximum Gasteiger partial charge on any atom is 0.124 e. The van der Waals surface area contributed by atoms with Crippen molar-refractivity contribution < 1.29 is 4.42 Å². The topological polar surface area (TPSA) is 39.2 Å². The zero-order valence-corrected chi connectivity index (χ0v) is 7.42. The predicted molar refractivity (Wildman–Crippen MR) is 49.8 cm³/mol. The Kier molecular flexibility index (Phi) is 3.11. The highest BCUT2D eigenvalue weighted by atomic mass is 16.3. The van der Waals surface area contributed by atoms with Crippen molar-refractivity contribution in [3.63, 3.8) is 0 Å². The molecule has 0 unspecified atom stereocenters. The fourth-order valence-electron chi connectivity index (χ4n) is 1.07. The molecule has 0 aliphatic heterocycles. The van der Waals surface area contributed by atoms with Crippen LogP contribution in [0.4, 0.5) is 0 Å². The average molecular weight is 165 g/mol. The van der Waals surface area contributed by atoms with Crippen molar-refractivity contribution in [3.05, 3.63) is 36.3 Å². The Hall–Kier alpha value is -1.02. The highest BCUT2D eigenvalue weighted by Gasteiger charge is 2.05. The number of aryl methyl sites for hydroxylation is 1. The Bertz CT molecular complexity index is 252. The van der Waals surface area contributed by atoms with E-state index in [1.54, 1.807) is 6.08 Å². The van der Waals surface area contributed by atoms with Crippen LogP contribution in [0.15, 0.2) is 29.2 Å². The normalized spacial score (nSPS) is 12.8. The van der Waals surface area contributed by atoms with Gasteiger partial charge in [0.1, 0.15) is 11.5 Å². The first kappa shape index (κ1) is 9.07. The van der Waals surface area contributed by atoms with E-state index in [4.69, 9.17) is 10.2 Å². The maximum absolute atomic E-state index is 5.69. The van der Waals surface area contributed by atoms with Crippen LogP contribution in [0.2, 0.25) is 0 Å². The lowest BCUT2D eigenvalue weighted by atomic mass is 10.2. The lowest BCUT2D eigenvalue weighted by molar-refractivity contribution is 0.451. The van der Waals surface area contributed by atoms with Crippen LogP contribution in [0.3, 0.4) is 0 Å². The van der Waals surface area contributed by atoms with E-state index in [1.807, 2.05) is 12.1 Å². The monoisotopic (exact) mass is 165 g/mol. The van der Waals surface area contributed by atoms with E-state index in [2.05, 4.69) is 13.5 Å². The lowest BCUT2D eigenvalue weighted by Crippen LogP contribution is -2.04. The van der Waals surface area contributed by atoms with Crippen molar-refractivity contribution in [3.8, 4) is 0 Å². The van der Waals surface area contributed by atoms with Crippen LogP contribution in [-0.2, 0) is 6.42 Å². The summed E-state index contributed by atoms with van der Waals surface area (Å²) < 4.78 is 5.48. The molecule has 2 nitrogen and oxygen atoms in total. The highest BCUT2D eigenvalue weighted by Crippen LogP contribution is 2.16. The second kappa shape index (κ2) is 4.12. The number of hydrogen-bond acceptors (Lipinski definition) is 2. The molecular formula is C10H15NO. The molecule has 1 aromatic rings. The second-order valence-corrected chi connectivity index (χ2v) is 2.82. The molecule has 2 heteroatoms. The molecule has 0 saturated carbocycles. The minimum Gasteiger partial charge on any atom is -0.464 e. The van der Waals surface area contributed by atoms with Crippen LogP contribution in [0.25, 0.3) is 0 Å². The number of furan rings is 1. The van der Waals surface area contributed by atoms with Crippen LogP contribution in [0.1, 0.15) is 30.9 Å². The molecule has 0 amide bonds. The molecule has 66 valence electrons. The molecule has 1 atom stereocenters. The van der Waals surface area contributed by atoms with Gasteiger partial charge >= 0.3 is 0 Å². The summed E-state index contributed by atoms with van der Waals surface area (Å²) in [6, 6.07) is 3.72. The van der Waals surface area contributed by atoms with Gasteiger partial charge in [0, 0.05) is 6.42 Å². The van der Waals surface area contributed by atoms with E-state index >= 15 is 0 Å². The number of rotatable bonds is 4. The zero-order valence-electron chi connectivity index (χ0n) is 7.42. The lowest BCUT2D eigenvalue weighted by Gasteiger charge is -2.00. The van der Waals surface area contributed by atoms with Crippen LogP contribution >= 0.6 is 0 Å². The van der Waals surface area contributed by atoms with Crippen LogP contribution in [0, 0.1) is 0 Å². The summed E-state index contributed by atoms with van der Waals surface area (Å²) in [6.45, 7) is 5.73. The summed E-state index contributed by atoms with van der Waals surface area (Å²) in [5.74, 6) is 1.80. The third-order valence-electron chi connectivity index (χ3n) is 1.76. The summed E-state index contributed by atoms with van der Waals surface area (Å²) in [5.41, 5.74) is 5.69. The molecule has 0 aliphatic rings. The van der Waals surface area contributed by atoms with Crippen LogP contribution in [0.5, 0.6) is 0 Å². The van der Waals surface area contributed by atoms with Crippen LogP contribution < -0.4 is 5.73 Å². The Morgan fingerprint density at radius 3 is 3.00 bits per heavy atom. The van der Waals surface area contributed by atoms with Gasteiger partial charge in [-0.2, -0.15) is 0 Å². The molecule has 2 N–H and O–H groups in total. The second-order valence-electron chi connectivity index (χ2n) is 2.82. The molecule has 0 radical (unpaired) electrons. The Morgan fingerprint density at radius 1 is 1.67 bits per heavy atom. The minimum atomic E-state index is -0.171. The van der Waals surface area contributed by atoms with Gasteiger partial charge in [0.05, 0.1) is 6.04 Å². The van der Waals surface area contributed by atoms with E-state index in [0.29, 0.717) is 0 Å². The standard InChI is InChI=1S/C10H15NO/c1-3-5-8-6-7-10(12-8)9(11)4-2/h4,6-7,9H,2-3,5,11H2,1H3/t9-/m1/s1. The van der Waals surface area contributed by atoms with Crippen molar-refractivity contribution in [1.82, 2.24) is 0 Å². The fraction of sp³-hybridized carbons (Fsp3) is 0.400. The predicted octanol–water partition coefficient (Wildman–Crippen LogP) is 2.42. The third-order valence-corrected chi connectivity index (χ3v) is 1.76. The molecule has 12 heavy (non-hydrogen) atoms. The first-order valence-electron chi connectivity index (χ1n) is 4.24. The number of hydrogen-bond donors (Lipinski definition) is 1. The van der Waals surface area contributed by atoms with Gasteiger partial charge in [-0.15, -0.1) is 6.58 Å². The van der Waals surface area contributed by atoms with Gasteiger partial charge in [-0.05, 0) is 18.6 Å². The van der Waals surface area contributed by atoms with Gasteiger partial charge in [0.15, 0.2) is 0 Å². The first-order valence-corrected chi connectivity index (χ1v) is 4.24. The summed E-state index contributed by atoms with van der Waals surface area (Å²) in [7, 11) is 0. The van der Waals surface area contributed by atoms with E-state index < -0.39 is 0 Å². The Labute approximate surface area is 73.1 Å². The minimum absolute atomic E-state index is 0.171. The smallest absolute Gasteiger partial charge is 0.124 e. The number of nitrogens with two attached hydrogens (primary N) is 1. The van der Waals surface area contributed by atoms with Gasteiger partial charge in [-0.25, -0.2) is 0 Å². The quantitative estimate of drug-likeness (QED) is 0.696. The van der Waals surface area contributed by atoms with Gasteiger partial charge in [0.2, 0.25) is 0 Å². The van der Waals surface area contributed by atoms with E-state index in [1.165, 1.54) is 0 Å².